The van der Waals surface area contributed by atoms with Crippen LogP contribution in [0.25, 0.3) is 0 Å². The number of nitrogens with zero attached hydrogens (tertiary/aromatic N) is 2. The first kappa shape index (κ1) is 12.6. The van der Waals surface area contributed by atoms with E-state index in [1.54, 1.807) is 11.7 Å². The van der Waals surface area contributed by atoms with Crippen LogP contribution in [0.5, 0.6) is 0 Å². The molecule has 94 valence electrons. The number of hydrogen-bond acceptors (Lipinski definition) is 5. The lowest BCUT2D eigenvalue weighted by Crippen LogP contribution is -2.12. The topological polar surface area (TPSA) is 68.1 Å². The van der Waals surface area contributed by atoms with E-state index in [9.17, 15) is 14.5 Å². The molecule has 2 rings (SSSR count). The van der Waals surface area contributed by atoms with Gasteiger partial charge in [-0.1, -0.05) is 0 Å². The Kier molecular flexibility index (Phi) is 3.96. The van der Waals surface area contributed by atoms with Crippen molar-refractivity contribution < 1.29 is 9.31 Å². The lowest BCUT2D eigenvalue weighted by molar-refractivity contribution is -0.385. The van der Waals surface area contributed by atoms with E-state index in [1.807, 2.05) is 0 Å². The fraction of sp³-hybridized carbons (Fsp3) is 0.182. The Bertz CT molecular complexity index is 545. The highest BCUT2D eigenvalue weighted by Gasteiger charge is 2.09. The van der Waals surface area contributed by atoms with Crippen molar-refractivity contribution in [2.45, 2.75) is 13.1 Å². The van der Waals surface area contributed by atoms with Crippen molar-refractivity contribution in [1.29, 1.82) is 0 Å². The maximum Gasteiger partial charge on any atom is 0.272 e. The molecular formula is C11H10FN3O2S. The zero-order chi connectivity index (χ0) is 13.0. The van der Waals surface area contributed by atoms with E-state index in [0.29, 0.717) is 18.7 Å². The summed E-state index contributed by atoms with van der Waals surface area (Å²) in [6.07, 6.45) is 1.74. The molecule has 0 spiro atoms. The van der Waals surface area contributed by atoms with Crippen molar-refractivity contribution in [2.24, 2.45) is 0 Å². The molecule has 0 radical (unpaired) electrons. The van der Waals surface area contributed by atoms with Gasteiger partial charge in [0.1, 0.15) is 5.82 Å². The van der Waals surface area contributed by atoms with Crippen molar-refractivity contribution in [3.8, 4) is 0 Å². The number of aromatic nitrogens is 1. The summed E-state index contributed by atoms with van der Waals surface area (Å²) in [4.78, 5) is 15.0. The van der Waals surface area contributed by atoms with Crippen LogP contribution in [0, 0.1) is 15.9 Å². The summed E-state index contributed by atoms with van der Waals surface area (Å²) >= 11 is 1.51. The molecule has 0 fully saturated rings. The molecule has 0 bridgehead atoms. The highest BCUT2D eigenvalue weighted by atomic mass is 32.1. The van der Waals surface area contributed by atoms with Gasteiger partial charge in [0.25, 0.3) is 5.69 Å². The smallest absolute Gasteiger partial charge is 0.272 e. The first-order valence-electron chi connectivity index (χ1n) is 5.17. The molecule has 0 aliphatic carbocycles. The number of thiazole rings is 1. The third-order valence-electron chi connectivity index (χ3n) is 2.26. The van der Waals surface area contributed by atoms with E-state index >= 15 is 0 Å². The summed E-state index contributed by atoms with van der Waals surface area (Å²) in [6.45, 7) is 0.978. The van der Waals surface area contributed by atoms with Crippen LogP contribution < -0.4 is 5.32 Å². The molecule has 0 unspecified atom stereocenters. The fourth-order valence-corrected chi connectivity index (χ4v) is 2.06. The van der Waals surface area contributed by atoms with Crippen LogP contribution >= 0.6 is 11.3 Å². The Morgan fingerprint density at radius 2 is 2.22 bits per heavy atom. The second-order valence-electron chi connectivity index (χ2n) is 3.65. The van der Waals surface area contributed by atoms with E-state index in [1.165, 1.54) is 23.5 Å². The molecule has 1 aromatic carbocycles. The van der Waals surface area contributed by atoms with E-state index in [0.717, 1.165) is 10.9 Å². The summed E-state index contributed by atoms with van der Waals surface area (Å²) in [7, 11) is 0. The summed E-state index contributed by atoms with van der Waals surface area (Å²) in [5.74, 6) is -0.598. The highest BCUT2D eigenvalue weighted by molar-refractivity contribution is 7.09. The number of rotatable bonds is 5. The molecule has 0 aliphatic heterocycles. The van der Waals surface area contributed by atoms with Gasteiger partial charge < -0.3 is 5.32 Å². The second-order valence-corrected chi connectivity index (χ2v) is 4.62. The Hall–Kier alpha value is -1.86. The predicted octanol–water partition coefficient (Wildman–Crippen LogP) is 2.48. The number of hydrogen-bond donors (Lipinski definition) is 1. The van der Waals surface area contributed by atoms with Crippen molar-refractivity contribution in [2.75, 3.05) is 0 Å². The van der Waals surface area contributed by atoms with Crippen LogP contribution in [-0.2, 0) is 13.1 Å². The van der Waals surface area contributed by atoms with Crippen LogP contribution in [0.15, 0.2) is 29.9 Å². The van der Waals surface area contributed by atoms with Gasteiger partial charge in [0.2, 0.25) is 0 Å². The van der Waals surface area contributed by atoms with Crippen LogP contribution in [0.4, 0.5) is 10.1 Å². The average Bonchev–Trinajstić information content (AvgIpc) is 2.81. The molecule has 1 N–H and O–H groups in total. The number of nitro benzene ring substituents is 1. The number of nitro groups is 1. The van der Waals surface area contributed by atoms with Crippen molar-refractivity contribution in [3.05, 3.63) is 56.3 Å². The van der Waals surface area contributed by atoms with Gasteiger partial charge in [0, 0.05) is 30.2 Å². The number of non-ortho nitro benzene ring substituents is 1. The molecule has 0 saturated heterocycles. The quantitative estimate of drug-likeness (QED) is 0.667. The van der Waals surface area contributed by atoms with Crippen LogP contribution in [-0.4, -0.2) is 9.91 Å². The number of benzene rings is 1. The minimum atomic E-state index is -0.601. The maximum absolute atomic E-state index is 13.1. The van der Waals surface area contributed by atoms with Crippen LogP contribution in [0.2, 0.25) is 0 Å². The minimum absolute atomic E-state index is 0.232. The maximum atomic E-state index is 13.1. The third kappa shape index (κ3) is 3.31. The fourth-order valence-electron chi connectivity index (χ4n) is 1.50. The molecule has 0 saturated carbocycles. The van der Waals surface area contributed by atoms with Crippen molar-refractivity contribution in [3.63, 3.8) is 0 Å². The normalized spacial score (nSPS) is 10.5. The van der Waals surface area contributed by atoms with Gasteiger partial charge in [-0.25, -0.2) is 4.39 Å². The Morgan fingerprint density at radius 3 is 2.89 bits per heavy atom. The molecule has 1 heterocycles. The summed E-state index contributed by atoms with van der Waals surface area (Å²) in [6, 6.07) is 3.56. The largest absolute Gasteiger partial charge is 0.308 e. The second kappa shape index (κ2) is 5.65. The van der Waals surface area contributed by atoms with Gasteiger partial charge in [-0.2, -0.15) is 0 Å². The van der Waals surface area contributed by atoms with Gasteiger partial charge in [0.05, 0.1) is 16.5 Å². The Balaban J connectivity index is 1.98. The molecule has 2 aromatic rings. The van der Waals surface area contributed by atoms with Gasteiger partial charge >= 0.3 is 0 Å². The van der Waals surface area contributed by atoms with Gasteiger partial charge in [-0.05, 0) is 11.6 Å². The van der Waals surface area contributed by atoms with E-state index in [2.05, 4.69) is 10.3 Å². The van der Waals surface area contributed by atoms with Gasteiger partial charge in [-0.3, -0.25) is 15.1 Å². The Morgan fingerprint density at radius 1 is 1.39 bits per heavy atom. The molecule has 0 aliphatic rings. The molecular weight excluding hydrogens is 257 g/mol. The standard InChI is InChI=1S/C11H10FN3O2S/c12-9-1-8(2-10(3-9)15(16)17)4-13-5-11-6-14-7-18-11/h1-3,6-7,13H,4-5H2. The van der Waals surface area contributed by atoms with Gasteiger partial charge in [-0.15, -0.1) is 11.3 Å². The summed E-state index contributed by atoms with van der Waals surface area (Å²) in [5, 5.41) is 13.7. The zero-order valence-electron chi connectivity index (χ0n) is 9.30. The van der Waals surface area contributed by atoms with Crippen molar-refractivity contribution in [1.82, 2.24) is 10.3 Å². The van der Waals surface area contributed by atoms with E-state index in [4.69, 9.17) is 0 Å². The van der Waals surface area contributed by atoms with Crippen LogP contribution in [0.3, 0.4) is 0 Å². The number of halogens is 1. The van der Waals surface area contributed by atoms with Gasteiger partial charge in [0.15, 0.2) is 0 Å². The van der Waals surface area contributed by atoms with Crippen LogP contribution in [0.1, 0.15) is 10.4 Å². The molecule has 5 nitrogen and oxygen atoms in total. The predicted molar refractivity (Wildman–Crippen MR) is 65.7 cm³/mol. The van der Waals surface area contributed by atoms with E-state index in [-0.39, 0.29) is 5.69 Å². The van der Waals surface area contributed by atoms with Crippen molar-refractivity contribution >= 4 is 17.0 Å². The summed E-state index contributed by atoms with van der Waals surface area (Å²) < 4.78 is 13.1. The van der Waals surface area contributed by atoms with E-state index < -0.39 is 10.7 Å². The monoisotopic (exact) mass is 267 g/mol. The lowest BCUT2D eigenvalue weighted by Gasteiger charge is -2.03. The average molecular weight is 267 g/mol. The summed E-state index contributed by atoms with van der Waals surface area (Å²) in [5.41, 5.74) is 2.04. The molecule has 0 atom stereocenters. The minimum Gasteiger partial charge on any atom is -0.308 e. The first-order valence-corrected chi connectivity index (χ1v) is 6.05. The SMILES string of the molecule is O=[N+]([O-])c1cc(F)cc(CNCc2cncs2)c1. The molecule has 7 heteroatoms. The molecule has 1 aromatic heterocycles. The highest BCUT2D eigenvalue weighted by Crippen LogP contribution is 2.16. The Labute approximate surface area is 106 Å². The lowest BCUT2D eigenvalue weighted by atomic mass is 10.2. The number of nitrogens with one attached hydrogen (secondary N) is 1. The first-order chi connectivity index (χ1) is 8.65. The zero-order valence-corrected chi connectivity index (χ0v) is 10.1. The third-order valence-corrected chi connectivity index (χ3v) is 3.04. The molecule has 18 heavy (non-hydrogen) atoms. The molecule has 0 amide bonds.